The quantitative estimate of drug-likeness (QED) is 0.518. The Morgan fingerprint density at radius 3 is 2.74 bits per heavy atom. The van der Waals surface area contributed by atoms with Gasteiger partial charge in [0.05, 0.1) is 24.9 Å². The van der Waals surface area contributed by atoms with Gasteiger partial charge in [-0.1, -0.05) is 11.8 Å². The summed E-state index contributed by atoms with van der Waals surface area (Å²) in [4.78, 5) is 4.05. The van der Waals surface area contributed by atoms with Gasteiger partial charge in [0.1, 0.15) is 5.75 Å². The minimum absolute atomic E-state index is 0.365. The Balaban J connectivity index is 1.71. The number of rotatable bonds is 4. The Labute approximate surface area is 119 Å². The number of hydrogen-bond acceptors (Lipinski definition) is 4. The topological polar surface area (TPSA) is 33.6 Å². The van der Waals surface area contributed by atoms with E-state index in [-0.39, 0.29) is 0 Å². The standard InChI is InChI=1S/C15H16N2OS/c1-18-15-6-4-12(5-7-15)3-2-8-16-13-9-14(10-13)17-11-19/h4-7,13-14,16H,8-10H2,1H3/t13-,14+. The van der Waals surface area contributed by atoms with Crippen LogP contribution in [0.15, 0.2) is 29.3 Å². The first-order valence-corrected chi connectivity index (χ1v) is 6.66. The van der Waals surface area contributed by atoms with Crippen molar-refractivity contribution in [1.29, 1.82) is 0 Å². The lowest BCUT2D eigenvalue weighted by Crippen LogP contribution is -2.43. The molecule has 0 spiro atoms. The summed E-state index contributed by atoms with van der Waals surface area (Å²) >= 11 is 4.58. The van der Waals surface area contributed by atoms with Crippen LogP contribution in [0.25, 0.3) is 0 Å². The average molecular weight is 272 g/mol. The van der Waals surface area contributed by atoms with Gasteiger partial charge in [-0.3, -0.25) is 0 Å². The van der Waals surface area contributed by atoms with Gasteiger partial charge in [-0.2, -0.15) is 0 Å². The lowest BCUT2D eigenvalue weighted by atomic mass is 9.87. The van der Waals surface area contributed by atoms with Gasteiger partial charge in [0, 0.05) is 11.6 Å². The lowest BCUT2D eigenvalue weighted by molar-refractivity contribution is 0.305. The summed E-state index contributed by atoms with van der Waals surface area (Å²) in [5.41, 5.74) is 0.999. The van der Waals surface area contributed by atoms with E-state index in [1.54, 1.807) is 7.11 Å². The van der Waals surface area contributed by atoms with Gasteiger partial charge in [0.15, 0.2) is 0 Å². The zero-order chi connectivity index (χ0) is 13.5. The maximum atomic E-state index is 5.10. The van der Waals surface area contributed by atoms with Gasteiger partial charge in [0.2, 0.25) is 0 Å². The molecule has 3 nitrogen and oxygen atoms in total. The number of nitrogens with one attached hydrogen (secondary N) is 1. The smallest absolute Gasteiger partial charge is 0.118 e. The van der Waals surface area contributed by atoms with E-state index in [9.17, 15) is 0 Å². The SMILES string of the molecule is COc1ccc(C#CCN[C@H]2C[C@@H](N=C=S)C2)cc1. The molecule has 1 aliphatic carbocycles. The number of benzene rings is 1. The molecule has 0 aromatic heterocycles. The second-order valence-electron chi connectivity index (χ2n) is 4.45. The van der Waals surface area contributed by atoms with Crippen molar-refractivity contribution in [3.05, 3.63) is 29.8 Å². The molecule has 1 fully saturated rings. The second-order valence-corrected chi connectivity index (χ2v) is 4.64. The second kappa shape index (κ2) is 7.06. The van der Waals surface area contributed by atoms with E-state index in [4.69, 9.17) is 4.74 Å². The maximum absolute atomic E-state index is 5.10. The molecule has 2 rings (SSSR count). The van der Waals surface area contributed by atoms with E-state index in [0.29, 0.717) is 18.6 Å². The fourth-order valence-corrected chi connectivity index (χ4v) is 2.10. The normalized spacial score (nSPS) is 20.5. The average Bonchev–Trinajstić information content (AvgIpc) is 2.41. The van der Waals surface area contributed by atoms with Crippen molar-refractivity contribution in [1.82, 2.24) is 5.32 Å². The zero-order valence-corrected chi connectivity index (χ0v) is 11.7. The van der Waals surface area contributed by atoms with Crippen molar-refractivity contribution in [2.45, 2.75) is 24.9 Å². The summed E-state index contributed by atoms with van der Waals surface area (Å²) in [5.74, 6) is 7.08. The van der Waals surface area contributed by atoms with E-state index >= 15 is 0 Å². The van der Waals surface area contributed by atoms with E-state index in [1.165, 1.54) is 0 Å². The first kappa shape index (κ1) is 13.8. The number of hydrogen-bond donors (Lipinski definition) is 1. The van der Waals surface area contributed by atoms with Gasteiger partial charge in [-0.05, 0) is 49.3 Å². The van der Waals surface area contributed by atoms with Crippen LogP contribution in [0.2, 0.25) is 0 Å². The van der Waals surface area contributed by atoms with Crippen molar-refractivity contribution in [2.75, 3.05) is 13.7 Å². The highest BCUT2D eigenvalue weighted by Crippen LogP contribution is 2.22. The predicted molar refractivity (Wildman–Crippen MR) is 79.7 cm³/mol. The van der Waals surface area contributed by atoms with Crippen LogP contribution < -0.4 is 10.1 Å². The molecule has 1 N–H and O–H groups in total. The first-order chi connectivity index (χ1) is 9.31. The largest absolute Gasteiger partial charge is 0.497 e. The zero-order valence-electron chi connectivity index (χ0n) is 10.8. The molecule has 1 aromatic carbocycles. The lowest BCUT2D eigenvalue weighted by Gasteiger charge is -2.31. The van der Waals surface area contributed by atoms with Crippen molar-refractivity contribution in [3.63, 3.8) is 0 Å². The molecule has 0 heterocycles. The Bertz CT molecular complexity index is 517. The molecule has 1 aromatic rings. The number of methoxy groups -OCH3 is 1. The third-order valence-electron chi connectivity index (χ3n) is 3.15. The molecule has 0 aliphatic heterocycles. The van der Waals surface area contributed by atoms with E-state index in [0.717, 1.165) is 24.2 Å². The van der Waals surface area contributed by atoms with Gasteiger partial charge in [-0.15, -0.1) is 0 Å². The van der Waals surface area contributed by atoms with Gasteiger partial charge in [0.25, 0.3) is 0 Å². The molecule has 98 valence electrons. The summed E-state index contributed by atoms with van der Waals surface area (Å²) < 4.78 is 5.10. The number of nitrogens with zero attached hydrogens (tertiary/aromatic N) is 1. The molecule has 19 heavy (non-hydrogen) atoms. The molecule has 0 saturated heterocycles. The Hall–Kier alpha value is -1.66. The predicted octanol–water partition coefficient (Wildman–Crippen LogP) is 2.27. The molecule has 4 heteroatoms. The minimum atomic E-state index is 0.365. The monoisotopic (exact) mass is 272 g/mol. The van der Waals surface area contributed by atoms with Crippen LogP contribution in [-0.4, -0.2) is 30.9 Å². The Morgan fingerprint density at radius 1 is 1.37 bits per heavy atom. The van der Waals surface area contributed by atoms with Crippen molar-refractivity contribution in [3.8, 4) is 17.6 Å². The molecule has 1 saturated carbocycles. The van der Waals surface area contributed by atoms with Crippen LogP contribution in [0.1, 0.15) is 18.4 Å². The van der Waals surface area contributed by atoms with E-state index in [2.05, 4.69) is 39.5 Å². The highest BCUT2D eigenvalue weighted by molar-refractivity contribution is 7.78. The summed E-state index contributed by atoms with van der Waals surface area (Å²) in [6.07, 6.45) is 2.07. The molecule has 0 radical (unpaired) electrons. The maximum Gasteiger partial charge on any atom is 0.118 e. The van der Waals surface area contributed by atoms with Crippen molar-refractivity contribution in [2.24, 2.45) is 4.99 Å². The number of ether oxygens (including phenoxy) is 1. The Morgan fingerprint density at radius 2 is 2.11 bits per heavy atom. The summed E-state index contributed by atoms with van der Waals surface area (Å²) in [6, 6.07) is 8.62. The third kappa shape index (κ3) is 4.18. The third-order valence-corrected chi connectivity index (χ3v) is 3.26. The number of aliphatic imine (C=N–C) groups is 1. The van der Waals surface area contributed by atoms with E-state index < -0.39 is 0 Å². The molecular weight excluding hydrogens is 256 g/mol. The van der Waals surface area contributed by atoms with Gasteiger partial charge < -0.3 is 10.1 Å². The van der Waals surface area contributed by atoms with Crippen LogP contribution in [-0.2, 0) is 0 Å². The molecule has 0 atom stereocenters. The van der Waals surface area contributed by atoms with Crippen LogP contribution in [0.4, 0.5) is 0 Å². The van der Waals surface area contributed by atoms with Crippen LogP contribution in [0.3, 0.4) is 0 Å². The van der Waals surface area contributed by atoms with Crippen LogP contribution in [0.5, 0.6) is 5.75 Å². The molecular formula is C15H16N2OS. The molecule has 1 aliphatic rings. The van der Waals surface area contributed by atoms with Gasteiger partial charge in [-0.25, -0.2) is 4.99 Å². The highest BCUT2D eigenvalue weighted by atomic mass is 32.1. The van der Waals surface area contributed by atoms with Gasteiger partial charge >= 0.3 is 0 Å². The fraction of sp³-hybridized carbons (Fsp3) is 0.400. The summed E-state index contributed by atoms with van der Waals surface area (Å²) in [6.45, 7) is 0.699. The Kier molecular flexibility index (Phi) is 5.11. The van der Waals surface area contributed by atoms with Crippen LogP contribution >= 0.6 is 12.2 Å². The molecule has 0 bridgehead atoms. The van der Waals surface area contributed by atoms with Crippen LogP contribution in [0, 0.1) is 11.8 Å². The number of thiocarbonyl (C=S) groups is 1. The van der Waals surface area contributed by atoms with Crippen molar-refractivity contribution < 1.29 is 4.74 Å². The summed E-state index contributed by atoms with van der Waals surface area (Å²) in [5, 5.41) is 5.81. The molecule has 0 amide bonds. The minimum Gasteiger partial charge on any atom is -0.497 e. The molecule has 0 unspecified atom stereocenters. The summed E-state index contributed by atoms with van der Waals surface area (Å²) in [7, 11) is 1.66. The first-order valence-electron chi connectivity index (χ1n) is 6.25. The highest BCUT2D eigenvalue weighted by Gasteiger charge is 2.27. The van der Waals surface area contributed by atoms with E-state index in [1.807, 2.05) is 24.3 Å². The number of isothiocyanates is 1. The van der Waals surface area contributed by atoms with Crippen molar-refractivity contribution >= 4 is 17.4 Å². The fourth-order valence-electron chi connectivity index (χ4n) is 1.95.